The van der Waals surface area contributed by atoms with Crippen molar-refractivity contribution in [3.63, 3.8) is 0 Å². The summed E-state index contributed by atoms with van der Waals surface area (Å²) in [6, 6.07) is 3.10. The van der Waals surface area contributed by atoms with Crippen LogP contribution in [0.3, 0.4) is 0 Å². The van der Waals surface area contributed by atoms with Crippen LogP contribution in [-0.4, -0.2) is 36.1 Å². The Hall–Kier alpha value is -1.50. The van der Waals surface area contributed by atoms with Crippen molar-refractivity contribution in [1.82, 2.24) is 10.2 Å². The number of hydrogen-bond donors (Lipinski definition) is 1. The van der Waals surface area contributed by atoms with E-state index in [-0.39, 0.29) is 6.54 Å². The van der Waals surface area contributed by atoms with Crippen LogP contribution < -0.4 is 5.32 Å². The lowest BCUT2D eigenvalue weighted by Gasteiger charge is -2.31. The third-order valence-corrected chi connectivity index (χ3v) is 2.74. The van der Waals surface area contributed by atoms with E-state index in [1.165, 1.54) is 33.2 Å². The van der Waals surface area contributed by atoms with Gasteiger partial charge in [-0.05, 0) is 33.0 Å². The van der Waals surface area contributed by atoms with Gasteiger partial charge < -0.3 is 14.6 Å². The summed E-state index contributed by atoms with van der Waals surface area (Å²) in [5.41, 5.74) is -1.07. The number of alkyl halides is 3. The number of rotatable bonds is 5. The first-order chi connectivity index (χ1) is 8.65. The Morgan fingerprint density at radius 3 is 2.47 bits per heavy atom. The lowest BCUT2D eigenvalue weighted by molar-refractivity contribution is -0.166. The number of halogens is 3. The maximum absolute atomic E-state index is 12.5. The molecule has 0 fully saturated rings. The fourth-order valence-electron chi connectivity index (χ4n) is 1.51. The van der Waals surface area contributed by atoms with Gasteiger partial charge in [0.15, 0.2) is 0 Å². The molecule has 1 amide bonds. The Kier molecular flexibility index (Phi) is 4.62. The van der Waals surface area contributed by atoms with Crippen LogP contribution >= 0.6 is 0 Å². The fraction of sp³-hybridized carbons (Fsp3) is 0.583. The Bertz CT molecular complexity index is 413. The second kappa shape index (κ2) is 5.64. The van der Waals surface area contributed by atoms with Crippen LogP contribution in [0, 0.1) is 0 Å². The van der Waals surface area contributed by atoms with Crippen LogP contribution in [0.1, 0.15) is 19.6 Å². The van der Waals surface area contributed by atoms with Crippen LogP contribution in [0.4, 0.5) is 13.2 Å². The van der Waals surface area contributed by atoms with Crippen molar-refractivity contribution in [2.75, 3.05) is 13.6 Å². The molecule has 1 heterocycles. The van der Waals surface area contributed by atoms with Crippen molar-refractivity contribution >= 4 is 5.91 Å². The zero-order valence-electron chi connectivity index (χ0n) is 11.0. The lowest BCUT2D eigenvalue weighted by Crippen LogP contribution is -2.54. The zero-order chi connectivity index (χ0) is 14.7. The van der Waals surface area contributed by atoms with Crippen LogP contribution in [0.15, 0.2) is 22.8 Å². The highest BCUT2D eigenvalue weighted by Crippen LogP contribution is 2.21. The van der Waals surface area contributed by atoms with E-state index in [1.54, 1.807) is 6.07 Å². The molecule has 0 unspecified atom stereocenters. The van der Waals surface area contributed by atoms with Gasteiger partial charge in [-0.3, -0.25) is 4.79 Å². The average Bonchev–Trinajstić information content (AvgIpc) is 2.78. The van der Waals surface area contributed by atoms with Gasteiger partial charge in [-0.1, -0.05) is 0 Å². The van der Waals surface area contributed by atoms with Crippen LogP contribution in [0.5, 0.6) is 0 Å². The number of hydrogen-bond acceptors (Lipinski definition) is 3. The van der Waals surface area contributed by atoms with Crippen molar-refractivity contribution in [1.29, 1.82) is 0 Å². The third-order valence-electron chi connectivity index (χ3n) is 2.74. The summed E-state index contributed by atoms with van der Waals surface area (Å²) in [4.78, 5) is 12.9. The average molecular weight is 278 g/mol. The minimum atomic E-state index is -4.45. The van der Waals surface area contributed by atoms with Crippen LogP contribution in [-0.2, 0) is 11.3 Å². The van der Waals surface area contributed by atoms with E-state index < -0.39 is 24.2 Å². The first-order valence-electron chi connectivity index (χ1n) is 5.73. The molecule has 1 aromatic rings. The maximum atomic E-state index is 12.5. The van der Waals surface area contributed by atoms with E-state index in [0.29, 0.717) is 5.76 Å². The van der Waals surface area contributed by atoms with E-state index in [2.05, 4.69) is 5.32 Å². The highest BCUT2D eigenvalue weighted by Gasteiger charge is 2.38. The van der Waals surface area contributed by atoms with Gasteiger partial charge in [0.25, 0.3) is 0 Å². The molecule has 0 aliphatic rings. The van der Waals surface area contributed by atoms with E-state index >= 15 is 0 Å². The van der Waals surface area contributed by atoms with Gasteiger partial charge in [0, 0.05) is 0 Å². The van der Waals surface area contributed by atoms with Gasteiger partial charge >= 0.3 is 6.18 Å². The molecule has 108 valence electrons. The predicted octanol–water partition coefficient (Wildman–Crippen LogP) is 2.17. The van der Waals surface area contributed by atoms with Crippen LogP contribution in [0.2, 0.25) is 0 Å². The molecule has 0 aliphatic heterocycles. The first-order valence-corrected chi connectivity index (χ1v) is 5.73. The number of furan rings is 1. The molecule has 0 aromatic carbocycles. The molecular formula is C12H17F3N2O2. The van der Waals surface area contributed by atoms with Crippen LogP contribution in [0.25, 0.3) is 0 Å². The molecule has 1 N–H and O–H groups in total. The summed E-state index contributed by atoms with van der Waals surface area (Å²) >= 11 is 0. The molecule has 0 atom stereocenters. The van der Waals surface area contributed by atoms with Crippen molar-refractivity contribution in [2.45, 2.75) is 32.1 Å². The van der Waals surface area contributed by atoms with Gasteiger partial charge in [-0.2, -0.15) is 13.2 Å². The molecule has 0 bridgehead atoms. The Morgan fingerprint density at radius 2 is 2.05 bits per heavy atom. The number of nitrogens with one attached hydrogen (secondary N) is 1. The van der Waals surface area contributed by atoms with Crippen molar-refractivity contribution < 1.29 is 22.4 Å². The molecule has 0 spiro atoms. The normalized spacial score (nSPS) is 12.5. The van der Waals surface area contributed by atoms with Gasteiger partial charge in [-0.15, -0.1) is 0 Å². The fourth-order valence-corrected chi connectivity index (χ4v) is 1.51. The monoisotopic (exact) mass is 278 g/mol. The molecule has 0 saturated carbocycles. The second-order valence-corrected chi connectivity index (χ2v) is 4.73. The zero-order valence-corrected chi connectivity index (χ0v) is 11.0. The van der Waals surface area contributed by atoms with Crippen molar-refractivity contribution in [3.05, 3.63) is 24.2 Å². The van der Waals surface area contributed by atoms with Gasteiger partial charge in [0.2, 0.25) is 5.91 Å². The Labute approximate surface area is 109 Å². The first kappa shape index (κ1) is 15.6. The lowest BCUT2D eigenvalue weighted by atomic mass is 10.0. The molecule has 0 saturated heterocycles. The highest BCUT2D eigenvalue weighted by molar-refractivity contribution is 5.85. The molecule has 1 aromatic heterocycles. The quantitative estimate of drug-likeness (QED) is 0.897. The van der Waals surface area contributed by atoms with E-state index in [1.807, 2.05) is 0 Å². The topological polar surface area (TPSA) is 45.5 Å². The molecule has 19 heavy (non-hydrogen) atoms. The number of likely N-dealkylation sites (N-methyl/N-ethyl adjacent to an activating group) is 1. The van der Waals surface area contributed by atoms with E-state index in [0.717, 1.165) is 4.90 Å². The summed E-state index contributed by atoms with van der Waals surface area (Å²) in [7, 11) is 1.52. The minimum Gasteiger partial charge on any atom is -0.467 e. The molecule has 0 aliphatic carbocycles. The molecule has 0 radical (unpaired) electrons. The highest BCUT2D eigenvalue weighted by atomic mass is 19.4. The number of nitrogens with zero attached hydrogens (tertiary/aromatic N) is 1. The largest absolute Gasteiger partial charge is 0.467 e. The number of carbonyl (C=O) groups is 1. The standard InChI is InChI=1S/C12H17F3N2O2/c1-11(2,16-3)10(18)17(8-12(13,14)15)7-9-5-4-6-19-9/h4-6,16H,7-8H2,1-3H3. The Morgan fingerprint density at radius 1 is 1.42 bits per heavy atom. The van der Waals surface area contributed by atoms with Gasteiger partial charge in [-0.25, -0.2) is 0 Å². The van der Waals surface area contributed by atoms with Gasteiger partial charge in [0.1, 0.15) is 12.3 Å². The summed E-state index contributed by atoms with van der Waals surface area (Å²) in [6.45, 7) is 1.54. The second-order valence-electron chi connectivity index (χ2n) is 4.73. The van der Waals surface area contributed by atoms with E-state index in [9.17, 15) is 18.0 Å². The maximum Gasteiger partial charge on any atom is 0.406 e. The van der Waals surface area contributed by atoms with Gasteiger partial charge in [0.05, 0.1) is 18.3 Å². The smallest absolute Gasteiger partial charge is 0.406 e. The Balaban J connectivity index is 2.89. The predicted molar refractivity (Wildman–Crippen MR) is 63.3 cm³/mol. The van der Waals surface area contributed by atoms with Crippen molar-refractivity contribution in [3.8, 4) is 0 Å². The van der Waals surface area contributed by atoms with Crippen molar-refractivity contribution in [2.24, 2.45) is 0 Å². The molecule has 7 heteroatoms. The summed E-state index contributed by atoms with van der Waals surface area (Å²) in [5.74, 6) is -0.326. The summed E-state index contributed by atoms with van der Waals surface area (Å²) in [5, 5.41) is 2.70. The number of carbonyl (C=O) groups excluding carboxylic acids is 1. The molecular weight excluding hydrogens is 261 g/mol. The third kappa shape index (κ3) is 4.59. The molecule has 1 rings (SSSR count). The minimum absolute atomic E-state index is 0.212. The number of amides is 1. The summed E-state index contributed by atoms with van der Waals surface area (Å²) in [6.07, 6.45) is -3.10. The summed E-state index contributed by atoms with van der Waals surface area (Å²) < 4.78 is 42.6. The SMILES string of the molecule is CNC(C)(C)C(=O)N(Cc1ccco1)CC(F)(F)F. The van der Waals surface area contributed by atoms with E-state index in [4.69, 9.17) is 4.42 Å². The molecule has 4 nitrogen and oxygen atoms in total.